The largest absolute Gasteiger partial charge is 0.356 e. The zero-order chi connectivity index (χ0) is 15.2. The summed E-state index contributed by atoms with van der Waals surface area (Å²) in [5.74, 6) is 1.17. The van der Waals surface area contributed by atoms with Gasteiger partial charge in [0.2, 0.25) is 0 Å². The van der Waals surface area contributed by atoms with E-state index in [-0.39, 0.29) is 0 Å². The fraction of sp³-hybridized carbons (Fsp3) is 0.526. The molecule has 0 saturated carbocycles. The fourth-order valence-electron chi connectivity index (χ4n) is 4.39. The molecule has 1 aromatic carbocycles. The van der Waals surface area contributed by atoms with E-state index in [9.17, 15) is 0 Å². The summed E-state index contributed by atoms with van der Waals surface area (Å²) in [6.45, 7) is 7.02. The standard InChI is InChI=1S/C19H25N3/c1-15-12-18(20-17-7-4-3-6-16(15)17)22-10-5-8-19(14-22)9-11-21(2)13-19/h3-4,6-7,12H,5,8-11,13-14H2,1-2H3/t19-/m1/s1. The third-order valence-electron chi connectivity index (χ3n) is 5.52. The summed E-state index contributed by atoms with van der Waals surface area (Å²) in [6.07, 6.45) is 4.01. The Kier molecular flexibility index (Phi) is 3.33. The van der Waals surface area contributed by atoms with Crippen LogP contribution in [0, 0.1) is 12.3 Å². The number of hydrogen-bond donors (Lipinski definition) is 0. The number of hydrogen-bond acceptors (Lipinski definition) is 3. The monoisotopic (exact) mass is 295 g/mol. The van der Waals surface area contributed by atoms with Crippen molar-refractivity contribution in [1.82, 2.24) is 9.88 Å². The zero-order valence-electron chi connectivity index (χ0n) is 13.7. The van der Waals surface area contributed by atoms with Gasteiger partial charge in [0.05, 0.1) is 5.52 Å². The van der Waals surface area contributed by atoms with Gasteiger partial charge in [-0.1, -0.05) is 18.2 Å². The summed E-state index contributed by atoms with van der Waals surface area (Å²) in [4.78, 5) is 9.96. The zero-order valence-corrected chi connectivity index (χ0v) is 13.7. The van der Waals surface area contributed by atoms with Gasteiger partial charge in [-0.25, -0.2) is 4.98 Å². The molecule has 2 aromatic rings. The number of nitrogens with zero attached hydrogens (tertiary/aromatic N) is 3. The number of aryl methyl sites for hydroxylation is 1. The second-order valence-corrected chi connectivity index (χ2v) is 7.33. The van der Waals surface area contributed by atoms with Gasteiger partial charge in [0, 0.05) is 30.4 Å². The van der Waals surface area contributed by atoms with Gasteiger partial charge < -0.3 is 9.80 Å². The van der Waals surface area contributed by atoms with Crippen molar-refractivity contribution in [1.29, 1.82) is 0 Å². The average molecular weight is 295 g/mol. The first kappa shape index (κ1) is 14.0. The van der Waals surface area contributed by atoms with Crippen molar-refractivity contribution in [3.8, 4) is 0 Å². The number of fused-ring (bicyclic) bond motifs is 1. The predicted molar refractivity (Wildman–Crippen MR) is 92.5 cm³/mol. The van der Waals surface area contributed by atoms with Gasteiger partial charge in [0.1, 0.15) is 5.82 Å². The molecule has 2 aliphatic heterocycles. The van der Waals surface area contributed by atoms with Crippen LogP contribution in [-0.2, 0) is 0 Å². The maximum Gasteiger partial charge on any atom is 0.129 e. The van der Waals surface area contributed by atoms with Crippen LogP contribution in [0.4, 0.5) is 5.82 Å². The van der Waals surface area contributed by atoms with Crippen molar-refractivity contribution < 1.29 is 0 Å². The summed E-state index contributed by atoms with van der Waals surface area (Å²) < 4.78 is 0. The second kappa shape index (κ2) is 5.24. The molecule has 2 aliphatic rings. The fourth-order valence-corrected chi connectivity index (χ4v) is 4.39. The van der Waals surface area contributed by atoms with Gasteiger partial charge in [0.25, 0.3) is 0 Å². The van der Waals surface area contributed by atoms with Crippen LogP contribution in [0.3, 0.4) is 0 Å². The Morgan fingerprint density at radius 1 is 1.09 bits per heavy atom. The van der Waals surface area contributed by atoms with Crippen LogP contribution < -0.4 is 4.90 Å². The Morgan fingerprint density at radius 2 is 1.95 bits per heavy atom. The molecule has 0 aliphatic carbocycles. The Bertz CT molecular complexity index is 692. The van der Waals surface area contributed by atoms with E-state index in [2.05, 4.69) is 54.1 Å². The lowest BCUT2D eigenvalue weighted by atomic mass is 9.79. The van der Waals surface area contributed by atoms with Gasteiger partial charge in [-0.3, -0.25) is 0 Å². The predicted octanol–water partition coefficient (Wildman–Crippen LogP) is 3.47. The lowest BCUT2D eigenvalue weighted by Crippen LogP contribution is -2.45. The number of anilines is 1. The average Bonchev–Trinajstić information content (AvgIpc) is 2.87. The molecule has 116 valence electrons. The molecule has 0 unspecified atom stereocenters. The Morgan fingerprint density at radius 3 is 2.77 bits per heavy atom. The SMILES string of the molecule is Cc1cc(N2CCC[C@]3(CCN(C)C3)C2)nc2ccccc12. The van der Waals surface area contributed by atoms with Crippen LogP contribution in [0.2, 0.25) is 0 Å². The molecule has 1 aromatic heterocycles. The third-order valence-corrected chi connectivity index (χ3v) is 5.52. The molecule has 3 heteroatoms. The van der Waals surface area contributed by atoms with E-state index in [0.29, 0.717) is 5.41 Å². The molecule has 1 atom stereocenters. The van der Waals surface area contributed by atoms with Crippen molar-refractivity contribution in [2.75, 3.05) is 38.1 Å². The highest BCUT2D eigenvalue weighted by molar-refractivity contribution is 5.83. The minimum atomic E-state index is 0.494. The first-order chi connectivity index (χ1) is 10.7. The van der Waals surface area contributed by atoms with Crippen LogP contribution in [0.15, 0.2) is 30.3 Å². The van der Waals surface area contributed by atoms with Crippen LogP contribution in [-0.4, -0.2) is 43.1 Å². The summed E-state index contributed by atoms with van der Waals surface area (Å²) in [5, 5.41) is 1.28. The number of rotatable bonds is 1. The molecule has 1 spiro atoms. The van der Waals surface area contributed by atoms with E-state index in [4.69, 9.17) is 4.98 Å². The summed E-state index contributed by atoms with van der Waals surface area (Å²) >= 11 is 0. The molecule has 2 saturated heterocycles. The third kappa shape index (κ3) is 2.38. The lowest BCUT2D eigenvalue weighted by Gasteiger charge is -2.41. The first-order valence-electron chi connectivity index (χ1n) is 8.45. The van der Waals surface area contributed by atoms with Crippen LogP contribution in [0.5, 0.6) is 0 Å². The molecule has 0 amide bonds. The molecular formula is C19H25N3. The van der Waals surface area contributed by atoms with Crippen LogP contribution in [0.25, 0.3) is 10.9 Å². The molecular weight excluding hydrogens is 270 g/mol. The molecule has 3 heterocycles. The molecule has 4 rings (SSSR count). The van der Waals surface area contributed by atoms with E-state index in [0.717, 1.165) is 12.1 Å². The van der Waals surface area contributed by atoms with Gasteiger partial charge >= 0.3 is 0 Å². The number of pyridine rings is 1. The highest BCUT2D eigenvalue weighted by Crippen LogP contribution is 2.39. The highest BCUT2D eigenvalue weighted by atomic mass is 15.2. The van der Waals surface area contributed by atoms with E-state index in [1.807, 2.05) is 0 Å². The van der Waals surface area contributed by atoms with Crippen LogP contribution in [0.1, 0.15) is 24.8 Å². The first-order valence-corrected chi connectivity index (χ1v) is 8.45. The molecule has 0 bridgehead atoms. The Hall–Kier alpha value is -1.61. The number of aromatic nitrogens is 1. The Balaban J connectivity index is 1.66. The normalized spacial score (nSPS) is 26.2. The molecule has 3 nitrogen and oxygen atoms in total. The van der Waals surface area contributed by atoms with Crippen molar-refractivity contribution in [2.24, 2.45) is 5.41 Å². The lowest BCUT2D eigenvalue weighted by molar-refractivity contribution is 0.233. The minimum Gasteiger partial charge on any atom is -0.356 e. The van der Waals surface area contributed by atoms with E-state index < -0.39 is 0 Å². The number of likely N-dealkylation sites (tertiary alicyclic amines) is 1. The minimum absolute atomic E-state index is 0.494. The molecule has 2 fully saturated rings. The van der Waals surface area contributed by atoms with Crippen molar-refractivity contribution in [3.05, 3.63) is 35.9 Å². The van der Waals surface area contributed by atoms with Gasteiger partial charge in [-0.05, 0) is 57.5 Å². The maximum atomic E-state index is 4.95. The van der Waals surface area contributed by atoms with Crippen molar-refractivity contribution in [2.45, 2.75) is 26.2 Å². The highest BCUT2D eigenvalue weighted by Gasteiger charge is 2.40. The quantitative estimate of drug-likeness (QED) is 0.803. The van der Waals surface area contributed by atoms with E-state index in [1.54, 1.807) is 0 Å². The number of benzene rings is 1. The second-order valence-electron chi connectivity index (χ2n) is 7.33. The topological polar surface area (TPSA) is 19.4 Å². The van der Waals surface area contributed by atoms with Crippen LogP contribution >= 0.6 is 0 Å². The smallest absolute Gasteiger partial charge is 0.129 e. The van der Waals surface area contributed by atoms with Crippen molar-refractivity contribution in [3.63, 3.8) is 0 Å². The van der Waals surface area contributed by atoms with Gasteiger partial charge in [-0.2, -0.15) is 0 Å². The molecule has 0 N–H and O–H groups in total. The number of piperidine rings is 1. The number of para-hydroxylation sites is 1. The van der Waals surface area contributed by atoms with Crippen molar-refractivity contribution >= 4 is 16.7 Å². The summed E-state index contributed by atoms with van der Waals surface area (Å²) in [7, 11) is 2.26. The van der Waals surface area contributed by atoms with Gasteiger partial charge in [-0.15, -0.1) is 0 Å². The van der Waals surface area contributed by atoms with Gasteiger partial charge in [0.15, 0.2) is 0 Å². The van der Waals surface area contributed by atoms with E-state index in [1.165, 1.54) is 55.7 Å². The summed E-state index contributed by atoms with van der Waals surface area (Å²) in [5.41, 5.74) is 2.96. The Labute approximate surface area is 132 Å². The summed E-state index contributed by atoms with van der Waals surface area (Å²) in [6, 6.07) is 10.8. The molecule has 0 radical (unpaired) electrons. The molecule has 22 heavy (non-hydrogen) atoms. The van der Waals surface area contributed by atoms with E-state index >= 15 is 0 Å². The maximum absolute atomic E-state index is 4.95.